The summed E-state index contributed by atoms with van der Waals surface area (Å²) in [5, 5.41) is 8.13. The van der Waals surface area contributed by atoms with Gasteiger partial charge in [-0.1, -0.05) is 34.9 Å². The lowest BCUT2D eigenvalue weighted by molar-refractivity contribution is 0.414. The van der Waals surface area contributed by atoms with E-state index in [4.69, 9.17) is 10.5 Å². The Morgan fingerprint density at radius 1 is 1.29 bits per heavy atom. The van der Waals surface area contributed by atoms with E-state index >= 15 is 0 Å². The minimum absolute atomic E-state index is 0.719. The lowest BCUT2D eigenvalue weighted by Crippen LogP contribution is -1.90. The van der Waals surface area contributed by atoms with Crippen LogP contribution in [0.25, 0.3) is 0 Å². The minimum Gasteiger partial charge on any atom is -0.497 e. The van der Waals surface area contributed by atoms with E-state index in [2.05, 4.69) is 10.2 Å². The smallest absolute Gasteiger partial charge is 0.179 e. The van der Waals surface area contributed by atoms with E-state index in [1.54, 1.807) is 30.2 Å². The molecule has 1 aromatic carbocycles. The van der Waals surface area contributed by atoms with E-state index < -0.39 is 0 Å². The van der Waals surface area contributed by atoms with E-state index in [9.17, 15) is 0 Å². The predicted octanol–water partition coefficient (Wildman–Crippen LogP) is 3.00. The first-order valence-corrected chi connectivity index (χ1v) is 7.57. The van der Waals surface area contributed by atoms with Crippen molar-refractivity contribution in [3.8, 4) is 5.75 Å². The fourth-order valence-electron chi connectivity index (χ4n) is 1.15. The number of nitrogens with zero attached hydrogens (tertiary/aromatic N) is 2. The Labute approximate surface area is 112 Å². The zero-order chi connectivity index (χ0) is 12.3. The fourth-order valence-corrected chi connectivity index (χ4v) is 3.61. The molecule has 2 rings (SSSR count). The number of nitrogens with two attached hydrogens (primary N) is 1. The Bertz CT molecular complexity index is 515. The Morgan fingerprint density at radius 2 is 2.06 bits per heavy atom. The van der Waals surface area contributed by atoms with Crippen molar-refractivity contribution in [2.45, 2.75) is 13.6 Å². The molecule has 0 aliphatic heterocycles. The van der Waals surface area contributed by atoms with Crippen LogP contribution in [0.1, 0.15) is 0 Å². The molecule has 2 aromatic rings. The average molecular weight is 285 g/mol. The SMILES string of the molecule is COc1ccc(N)c(Sc2nnc(SC)s2)c1. The molecule has 0 atom stereocenters. The third kappa shape index (κ3) is 3.05. The number of hydrogen-bond acceptors (Lipinski definition) is 7. The highest BCUT2D eigenvalue weighted by Crippen LogP contribution is 2.37. The van der Waals surface area contributed by atoms with Gasteiger partial charge >= 0.3 is 0 Å². The van der Waals surface area contributed by atoms with E-state index in [-0.39, 0.29) is 0 Å². The largest absolute Gasteiger partial charge is 0.497 e. The molecule has 0 saturated heterocycles. The molecule has 90 valence electrons. The third-order valence-corrected chi connectivity index (χ3v) is 5.00. The molecule has 0 radical (unpaired) electrons. The first kappa shape index (κ1) is 12.5. The highest BCUT2D eigenvalue weighted by molar-refractivity contribution is 8.03. The van der Waals surface area contributed by atoms with Crippen LogP contribution in [0.3, 0.4) is 0 Å². The molecule has 17 heavy (non-hydrogen) atoms. The summed E-state index contributed by atoms with van der Waals surface area (Å²) < 4.78 is 7.00. The second-order valence-electron chi connectivity index (χ2n) is 3.04. The molecule has 0 unspecified atom stereocenters. The number of anilines is 1. The molecule has 0 bridgehead atoms. The standard InChI is InChI=1S/C10H11N3OS3/c1-14-6-3-4-7(11)8(5-6)16-10-13-12-9(15-2)17-10/h3-5H,11H2,1-2H3. The summed E-state index contributed by atoms with van der Waals surface area (Å²) in [6.07, 6.45) is 1.98. The van der Waals surface area contributed by atoms with Crippen molar-refractivity contribution in [2.24, 2.45) is 0 Å². The van der Waals surface area contributed by atoms with E-state index in [1.165, 1.54) is 11.8 Å². The van der Waals surface area contributed by atoms with Gasteiger partial charge in [-0.05, 0) is 24.5 Å². The second-order valence-corrected chi connectivity index (χ2v) is 6.36. The fraction of sp³-hybridized carbons (Fsp3) is 0.200. The van der Waals surface area contributed by atoms with Crippen molar-refractivity contribution in [2.75, 3.05) is 19.1 Å². The highest BCUT2D eigenvalue weighted by atomic mass is 32.2. The van der Waals surface area contributed by atoms with Gasteiger partial charge in [0, 0.05) is 10.6 Å². The molecular formula is C10H11N3OS3. The summed E-state index contributed by atoms with van der Waals surface area (Å²) in [4.78, 5) is 0.938. The molecule has 7 heteroatoms. The number of benzene rings is 1. The van der Waals surface area contributed by atoms with Crippen LogP contribution in [0.4, 0.5) is 5.69 Å². The predicted molar refractivity (Wildman–Crippen MR) is 73.2 cm³/mol. The third-order valence-electron chi connectivity index (χ3n) is 1.98. The van der Waals surface area contributed by atoms with Crippen molar-refractivity contribution in [1.82, 2.24) is 10.2 Å². The van der Waals surface area contributed by atoms with Gasteiger partial charge in [0.2, 0.25) is 0 Å². The second kappa shape index (κ2) is 5.61. The van der Waals surface area contributed by atoms with Gasteiger partial charge in [-0.2, -0.15) is 0 Å². The highest BCUT2D eigenvalue weighted by Gasteiger charge is 2.08. The Balaban J connectivity index is 2.22. The first-order chi connectivity index (χ1) is 8.22. The van der Waals surface area contributed by atoms with Crippen LogP contribution in [0.5, 0.6) is 5.75 Å². The van der Waals surface area contributed by atoms with Crippen LogP contribution in [-0.4, -0.2) is 23.6 Å². The van der Waals surface area contributed by atoms with Gasteiger partial charge in [0.05, 0.1) is 7.11 Å². The van der Waals surface area contributed by atoms with Crippen molar-refractivity contribution >= 4 is 40.5 Å². The summed E-state index contributed by atoms with van der Waals surface area (Å²) in [6, 6.07) is 5.57. The van der Waals surface area contributed by atoms with Crippen molar-refractivity contribution in [1.29, 1.82) is 0 Å². The number of rotatable bonds is 4. The topological polar surface area (TPSA) is 61.0 Å². The first-order valence-electron chi connectivity index (χ1n) is 4.72. The van der Waals surface area contributed by atoms with E-state index in [1.807, 2.05) is 24.5 Å². The summed E-state index contributed by atoms with van der Waals surface area (Å²) in [5.41, 5.74) is 6.63. The van der Waals surface area contributed by atoms with Gasteiger partial charge in [-0.3, -0.25) is 0 Å². The molecule has 0 aliphatic carbocycles. The molecule has 1 aromatic heterocycles. The van der Waals surface area contributed by atoms with Gasteiger partial charge in [0.15, 0.2) is 8.68 Å². The number of thioether (sulfide) groups is 1. The average Bonchev–Trinajstić information content (AvgIpc) is 2.80. The maximum atomic E-state index is 5.91. The minimum atomic E-state index is 0.719. The maximum Gasteiger partial charge on any atom is 0.179 e. The van der Waals surface area contributed by atoms with Crippen LogP contribution >= 0.6 is 34.9 Å². The van der Waals surface area contributed by atoms with Crippen LogP contribution in [0.15, 0.2) is 31.8 Å². The molecular weight excluding hydrogens is 274 g/mol. The normalized spacial score (nSPS) is 10.5. The summed E-state index contributed by atoms with van der Waals surface area (Å²) >= 11 is 4.65. The summed E-state index contributed by atoms with van der Waals surface area (Å²) in [6.45, 7) is 0. The summed E-state index contributed by atoms with van der Waals surface area (Å²) in [7, 11) is 1.64. The molecule has 0 saturated carbocycles. The van der Waals surface area contributed by atoms with Crippen LogP contribution in [0.2, 0.25) is 0 Å². The summed E-state index contributed by atoms with van der Waals surface area (Å²) in [5.74, 6) is 0.788. The molecule has 0 aliphatic rings. The van der Waals surface area contributed by atoms with Crippen LogP contribution in [-0.2, 0) is 0 Å². The van der Waals surface area contributed by atoms with E-state index in [0.717, 1.165) is 25.0 Å². The molecule has 0 amide bonds. The Hall–Kier alpha value is -0.920. The molecule has 1 heterocycles. The van der Waals surface area contributed by atoms with Crippen LogP contribution < -0.4 is 10.5 Å². The van der Waals surface area contributed by atoms with Crippen LogP contribution in [0, 0.1) is 0 Å². The molecule has 2 N–H and O–H groups in total. The maximum absolute atomic E-state index is 5.91. The number of ether oxygens (including phenoxy) is 1. The van der Waals surface area contributed by atoms with Gasteiger partial charge < -0.3 is 10.5 Å². The number of methoxy groups -OCH3 is 1. The number of hydrogen-bond donors (Lipinski definition) is 1. The van der Waals surface area contributed by atoms with Crippen molar-refractivity contribution in [3.05, 3.63) is 18.2 Å². The monoisotopic (exact) mass is 285 g/mol. The Morgan fingerprint density at radius 3 is 2.71 bits per heavy atom. The zero-order valence-corrected chi connectivity index (χ0v) is 11.8. The van der Waals surface area contributed by atoms with E-state index in [0.29, 0.717) is 0 Å². The molecule has 0 spiro atoms. The van der Waals surface area contributed by atoms with Gasteiger partial charge in [0.1, 0.15) is 5.75 Å². The molecule has 0 fully saturated rings. The quantitative estimate of drug-likeness (QED) is 0.688. The zero-order valence-electron chi connectivity index (χ0n) is 9.34. The lowest BCUT2D eigenvalue weighted by atomic mass is 10.3. The molecule has 4 nitrogen and oxygen atoms in total. The van der Waals surface area contributed by atoms with Gasteiger partial charge in [0.25, 0.3) is 0 Å². The Kier molecular flexibility index (Phi) is 4.14. The van der Waals surface area contributed by atoms with Crippen molar-refractivity contribution < 1.29 is 4.74 Å². The van der Waals surface area contributed by atoms with Gasteiger partial charge in [-0.25, -0.2) is 0 Å². The number of aromatic nitrogens is 2. The number of nitrogen functional groups attached to an aromatic ring is 1. The van der Waals surface area contributed by atoms with Crippen molar-refractivity contribution in [3.63, 3.8) is 0 Å². The lowest BCUT2D eigenvalue weighted by Gasteiger charge is -2.05. The van der Waals surface area contributed by atoms with Gasteiger partial charge in [-0.15, -0.1) is 10.2 Å².